The van der Waals surface area contributed by atoms with E-state index < -0.39 is 6.10 Å². The molecule has 2 N–H and O–H groups in total. The summed E-state index contributed by atoms with van der Waals surface area (Å²) in [5.41, 5.74) is 0.645. The fourth-order valence-electron chi connectivity index (χ4n) is 1.04. The van der Waals surface area contributed by atoms with E-state index >= 15 is 0 Å². The molecule has 2 heterocycles. The molecule has 14 heavy (non-hydrogen) atoms. The maximum Gasteiger partial charge on any atom is 0.276 e. The van der Waals surface area contributed by atoms with E-state index in [1.165, 1.54) is 0 Å². The van der Waals surface area contributed by atoms with Crippen LogP contribution < -0.4 is 0 Å². The summed E-state index contributed by atoms with van der Waals surface area (Å²) in [5.74, 6) is 0.641. The SMILES string of the molecule is CCC(O)c1noc(-c2ccn[nH]2)n1. The molecule has 0 aliphatic heterocycles. The van der Waals surface area contributed by atoms with Gasteiger partial charge >= 0.3 is 0 Å². The van der Waals surface area contributed by atoms with Crippen molar-refractivity contribution in [3.05, 3.63) is 18.1 Å². The van der Waals surface area contributed by atoms with Crippen LogP contribution in [0.3, 0.4) is 0 Å². The van der Waals surface area contributed by atoms with Crippen molar-refractivity contribution in [1.82, 2.24) is 20.3 Å². The lowest BCUT2D eigenvalue weighted by molar-refractivity contribution is 0.159. The third kappa shape index (κ3) is 1.51. The van der Waals surface area contributed by atoms with E-state index in [-0.39, 0.29) is 0 Å². The number of hydrogen-bond donors (Lipinski definition) is 2. The summed E-state index contributed by atoms with van der Waals surface area (Å²) in [6.45, 7) is 1.84. The van der Waals surface area contributed by atoms with Gasteiger partial charge in [-0.3, -0.25) is 5.10 Å². The van der Waals surface area contributed by atoms with Crippen LogP contribution in [0.5, 0.6) is 0 Å². The molecule has 0 fully saturated rings. The Morgan fingerprint density at radius 1 is 1.64 bits per heavy atom. The van der Waals surface area contributed by atoms with Gasteiger partial charge < -0.3 is 9.63 Å². The zero-order chi connectivity index (χ0) is 9.97. The van der Waals surface area contributed by atoms with E-state index in [9.17, 15) is 5.11 Å². The second-order valence-electron chi connectivity index (χ2n) is 2.85. The predicted octanol–water partition coefficient (Wildman–Crippen LogP) is 0.903. The van der Waals surface area contributed by atoms with Crippen LogP contribution in [-0.2, 0) is 0 Å². The van der Waals surface area contributed by atoms with Crippen molar-refractivity contribution in [2.45, 2.75) is 19.4 Å². The van der Waals surface area contributed by atoms with Crippen molar-refractivity contribution in [2.24, 2.45) is 0 Å². The first-order chi connectivity index (χ1) is 6.81. The average molecular weight is 194 g/mol. The molecular weight excluding hydrogens is 184 g/mol. The van der Waals surface area contributed by atoms with Gasteiger partial charge in [-0.05, 0) is 12.5 Å². The fourth-order valence-corrected chi connectivity index (χ4v) is 1.04. The molecule has 1 atom stereocenters. The molecule has 0 bridgehead atoms. The minimum absolute atomic E-state index is 0.303. The van der Waals surface area contributed by atoms with Gasteiger partial charge in [0.25, 0.3) is 5.89 Å². The number of aromatic amines is 1. The number of H-pyrrole nitrogens is 1. The molecule has 0 radical (unpaired) electrons. The summed E-state index contributed by atoms with van der Waals surface area (Å²) < 4.78 is 4.94. The van der Waals surface area contributed by atoms with Crippen molar-refractivity contribution in [1.29, 1.82) is 0 Å². The molecule has 2 aromatic rings. The highest BCUT2D eigenvalue weighted by Crippen LogP contribution is 2.17. The molecule has 0 saturated heterocycles. The molecule has 0 aliphatic rings. The molecule has 0 aliphatic carbocycles. The molecule has 2 rings (SSSR count). The van der Waals surface area contributed by atoms with Crippen molar-refractivity contribution in [3.63, 3.8) is 0 Å². The number of nitrogens with one attached hydrogen (secondary N) is 1. The molecule has 0 aromatic carbocycles. The summed E-state index contributed by atoms with van der Waals surface area (Å²) >= 11 is 0. The van der Waals surface area contributed by atoms with Gasteiger partial charge in [0.05, 0.1) is 0 Å². The molecule has 2 aromatic heterocycles. The van der Waals surface area contributed by atoms with Crippen LogP contribution in [-0.4, -0.2) is 25.4 Å². The second-order valence-corrected chi connectivity index (χ2v) is 2.85. The zero-order valence-corrected chi connectivity index (χ0v) is 7.64. The number of nitrogens with zero attached hydrogens (tertiary/aromatic N) is 3. The van der Waals surface area contributed by atoms with Crippen molar-refractivity contribution >= 4 is 0 Å². The number of aromatic nitrogens is 4. The highest BCUT2D eigenvalue weighted by Gasteiger charge is 2.14. The van der Waals surface area contributed by atoms with E-state index in [1.54, 1.807) is 12.3 Å². The Labute approximate surface area is 80.0 Å². The third-order valence-electron chi connectivity index (χ3n) is 1.86. The Morgan fingerprint density at radius 2 is 2.50 bits per heavy atom. The number of hydrogen-bond acceptors (Lipinski definition) is 5. The van der Waals surface area contributed by atoms with Gasteiger partial charge in [0.15, 0.2) is 0 Å². The Morgan fingerprint density at radius 3 is 3.14 bits per heavy atom. The zero-order valence-electron chi connectivity index (χ0n) is 7.64. The van der Waals surface area contributed by atoms with Gasteiger partial charge in [-0.25, -0.2) is 0 Å². The molecule has 1 unspecified atom stereocenters. The minimum Gasteiger partial charge on any atom is -0.385 e. The van der Waals surface area contributed by atoms with Gasteiger partial charge in [0, 0.05) is 6.20 Å². The van der Waals surface area contributed by atoms with Crippen LogP contribution in [0.4, 0.5) is 0 Å². The van der Waals surface area contributed by atoms with E-state index in [0.29, 0.717) is 23.8 Å². The van der Waals surface area contributed by atoms with E-state index in [2.05, 4.69) is 20.3 Å². The first-order valence-corrected chi connectivity index (χ1v) is 4.32. The quantitative estimate of drug-likeness (QED) is 0.757. The molecule has 0 spiro atoms. The molecule has 74 valence electrons. The topological polar surface area (TPSA) is 87.8 Å². The van der Waals surface area contributed by atoms with Gasteiger partial charge in [0.2, 0.25) is 5.82 Å². The second kappa shape index (κ2) is 3.59. The lowest BCUT2D eigenvalue weighted by atomic mass is 10.3. The summed E-state index contributed by atoms with van der Waals surface area (Å²) in [4.78, 5) is 4.02. The Kier molecular flexibility index (Phi) is 2.28. The van der Waals surface area contributed by atoms with Gasteiger partial charge in [0.1, 0.15) is 11.8 Å². The molecule has 6 heteroatoms. The Bertz CT molecular complexity index is 395. The predicted molar refractivity (Wildman–Crippen MR) is 47.1 cm³/mol. The van der Waals surface area contributed by atoms with Crippen LogP contribution in [0.15, 0.2) is 16.8 Å². The van der Waals surface area contributed by atoms with Gasteiger partial charge in [-0.2, -0.15) is 10.1 Å². The number of rotatable bonds is 3. The summed E-state index contributed by atoms with van der Waals surface area (Å²) in [5, 5.41) is 19.5. The summed E-state index contributed by atoms with van der Waals surface area (Å²) in [6, 6.07) is 1.72. The Balaban J connectivity index is 2.26. The van der Waals surface area contributed by atoms with E-state index in [0.717, 1.165) is 0 Å². The van der Waals surface area contributed by atoms with E-state index in [1.807, 2.05) is 6.92 Å². The monoisotopic (exact) mass is 194 g/mol. The highest BCUT2D eigenvalue weighted by molar-refractivity contribution is 5.44. The van der Waals surface area contributed by atoms with Crippen molar-refractivity contribution in [3.8, 4) is 11.6 Å². The average Bonchev–Trinajstić information content (AvgIpc) is 2.86. The maximum absolute atomic E-state index is 9.43. The van der Waals surface area contributed by atoms with E-state index in [4.69, 9.17) is 4.52 Å². The van der Waals surface area contributed by atoms with Crippen LogP contribution in [0.2, 0.25) is 0 Å². The number of aliphatic hydroxyl groups is 1. The van der Waals surface area contributed by atoms with Crippen LogP contribution in [0, 0.1) is 0 Å². The standard InChI is InChI=1S/C8H10N4O2/c1-2-6(13)7-10-8(14-12-7)5-3-4-9-11-5/h3-4,6,13H,2H2,1H3,(H,9,11). The molecular formula is C8H10N4O2. The van der Waals surface area contributed by atoms with Gasteiger partial charge in [-0.1, -0.05) is 12.1 Å². The number of aliphatic hydroxyl groups excluding tert-OH is 1. The lowest BCUT2D eigenvalue weighted by Gasteiger charge is -1.97. The molecule has 6 nitrogen and oxygen atoms in total. The molecule has 0 saturated carbocycles. The van der Waals surface area contributed by atoms with Crippen LogP contribution in [0.25, 0.3) is 11.6 Å². The normalized spacial score (nSPS) is 13.0. The Hall–Kier alpha value is -1.69. The summed E-state index contributed by atoms with van der Waals surface area (Å²) in [7, 11) is 0. The van der Waals surface area contributed by atoms with Crippen molar-refractivity contribution < 1.29 is 9.63 Å². The van der Waals surface area contributed by atoms with Crippen LogP contribution in [0.1, 0.15) is 25.3 Å². The highest BCUT2D eigenvalue weighted by atomic mass is 16.5. The van der Waals surface area contributed by atoms with Crippen molar-refractivity contribution in [2.75, 3.05) is 0 Å². The fraction of sp³-hybridized carbons (Fsp3) is 0.375. The molecule has 0 amide bonds. The maximum atomic E-state index is 9.43. The largest absolute Gasteiger partial charge is 0.385 e. The van der Waals surface area contributed by atoms with Crippen LogP contribution >= 0.6 is 0 Å². The lowest BCUT2D eigenvalue weighted by Crippen LogP contribution is -1.97. The van der Waals surface area contributed by atoms with Gasteiger partial charge in [-0.15, -0.1) is 0 Å². The first-order valence-electron chi connectivity index (χ1n) is 4.32. The smallest absolute Gasteiger partial charge is 0.276 e. The minimum atomic E-state index is -0.671. The summed E-state index contributed by atoms with van der Waals surface area (Å²) in [6.07, 6.45) is 1.48. The first kappa shape index (κ1) is 8.89. The third-order valence-corrected chi connectivity index (χ3v) is 1.86.